The second-order valence-electron chi connectivity index (χ2n) is 1.14. The van der Waals surface area contributed by atoms with Gasteiger partial charge in [-0.3, -0.25) is 13.6 Å². The zero-order valence-electron chi connectivity index (χ0n) is 5.03. The maximum atomic E-state index is 10.4. The molecule has 0 rings (SSSR count). The van der Waals surface area contributed by atoms with Gasteiger partial charge in [-0.2, -0.15) is 10.5 Å². The summed E-state index contributed by atoms with van der Waals surface area (Å²) >= 11 is 0. The van der Waals surface area contributed by atoms with Crippen LogP contribution in [0.5, 0.6) is 0 Å². The van der Waals surface area contributed by atoms with Gasteiger partial charge < -0.3 is 0 Å². The summed E-state index contributed by atoms with van der Waals surface area (Å²) in [5.74, 6) is 0. The first-order valence-electron chi connectivity index (χ1n) is 2.34. The predicted molar refractivity (Wildman–Crippen MR) is 32.1 cm³/mol. The van der Waals surface area contributed by atoms with Gasteiger partial charge in [0.1, 0.15) is 13.2 Å². The van der Waals surface area contributed by atoms with E-state index < -0.39 is 8.25 Å². The molecule has 0 amide bonds. The number of rotatable bonds is 4. The maximum absolute atomic E-state index is 10.4. The molecule has 0 radical (unpaired) electrons. The van der Waals surface area contributed by atoms with Crippen LogP contribution in [0.15, 0.2) is 0 Å². The molecule has 0 spiro atoms. The first-order valence-corrected chi connectivity index (χ1v) is 3.57. The van der Waals surface area contributed by atoms with E-state index in [0.29, 0.717) is 0 Å². The maximum Gasteiger partial charge on any atom is 0.321 e. The van der Waals surface area contributed by atoms with Crippen LogP contribution in [0, 0.1) is 22.7 Å². The van der Waals surface area contributed by atoms with Crippen molar-refractivity contribution in [2.75, 3.05) is 13.2 Å². The largest absolute Gasteiger partial charge is 0.321 e. The fraction of sp³-hybridized carbons (Fsp3) is 0.500. The normalized spacial score (nSPS) is 8.70. The molecule has 0 saturated heterocycles. The summed E-state index contributed by atoms with van der Waals surface area (Å²) in [6, 6.07) is 3.23. The van der Waals surface area contributed by atoms with Crippen LogP contribution in [-0.2, 0) is 13.6 Å². The van der Waals surface area contributed by atoms with E-state index in [1.54, 1.807) is 12.1 Å². The van der Waals surface area contributed by atoms with Crippen molar-refractivity contribution >= 4 is 8.25 Å². The lowest BCUT2D eigenvalue weighted by Gasteiger charge is -1.95. The summed E-state index contributed by atoms with van der Waals surface area (Å²) in [5, 5.41) is 15.8. The highest BCUT2D eigenvalue weighted by molar-refractivity contribution is 7.33. The molecular formula is C4H5N2O3P. The molecule has 0 aromatic heterocycles. The predicted octanol–water partition coefficient (Wildman–Crippen LogP) is 0.456. The fourth-order valence-corrected chi connectivity index (χ4v) is 0.672. The van der Waals surface area contributed by atoms with E-state index in [1.165, 1.54) is 0 Å². The van der Waals surface area contributed by atoms with Gasteiger partial charge >= 0.3 is 8.25 Å². The third kappa shape index (κ3) is 5.27. The molecule has 0 saturated carbocycles. The van der Waals surface area contributed by atoms with Crippen molar-refractivity contribution in [1.82, 2.24) is 0 Å². The summed E-state index contributed by atoms with van der Waals surface area (Å²) in [4.78, 5) is 0. The lowest BCUT2D eigenvalue weighted by atomic mass is 10.9. The Bertz CT molecular complexity index is 172. The van der Waals surface area contributed by atoms with Crippen LogP contribution in [0.25, 0.3) is 0 Å². The van der Waals surface area contributed by atoms with Gasteiger partial charge in [-0.15, -0.1) is 0 Å². The summed E-state index contributed by atoms with van der Waals surface area (Å²) in [6.45, 7) is -0.549. The Kier molecular flexibility index (Phi) is 5.71. The third-order valence-corrected chi connectivity index (χ3v) is 1.27. The number of hydrogen-bond donors (Lipinski definition) is 0. The van der Waals surface area contributed by atoms with Crippen molar-refractivity contribution in [3.63, 3.8) is 0 Å². The first kappa shape index (κ1) is 9.13. The second kappa shape index (κ2) is 6.25. The molecule has 5 nitrogen and oxygen atoms in total. The highest BCUT2D eigenvalue weighted by atomic mass is 31.1. The topological polar surface area (TPSA) is 83.1 Å². The van der Waals surface area contributed by atoms with Crippen molar-refractivity contribution in [2.45, 2.75) is 0 Å². The third-order valence-electron chi connectivity index (χ3n) is 0.509. The van der Waals surface area contributed by atoms with Gasteiger partial charge in [0, 0.05) is 0 Å². The number of nitriles is 2. The highest BCUT2D eigenvalue weighted by Gasteiger charge is 1.95. The van der Waals surface area contributed by atoms with E-state index in [0.717, 1.165) is 0 Å². The minimum atomic E-state index is -2.61. The molecule has 0 atom stereocenters. The van der Waals surface area contributed by atoms with Gasteiger partial charge in [0.05, 0.1) is 12.1 Å². The smallest absolute Gasteiger partial charge is 0.295 e. The van der Waals surface area contributed by atoms with Crippen LogP contribution in [-0.4, -0.2) is 13.2 Å². The Balaban J connectivity index is 3.30. The molecule has 0 bridgehead atoms. The molecule has 0 unspecified atom stereocenters. The molecule has 10 heavy (non-hydrogen) atoms. The number of nitrogens with zero attached hydrogens (tertiary/aromatic N) is 2. The van der Waals surface area contributed by atoms with Crippen LogP contribution in [0.4, 0.5) is 0 Å². The van der Waals surface area contributed by atoms with Gasteiger partial charge in [-0.1, -0.05) is 0 Å². The van der Waals surface area contributed by atoms with Crippen molar-refractivity contribution in [3.8, 4) is 12.1 Å². The molecule has 0 aliphatic heterocycles. The Morgan fingerprint density at radius 2 is 1.60 bits per heavy atom. The van der Waals surface area contributed by atoms with Crippen molar-refractivity contribution in [2.24, 2.45) is 0 Å². The molecule has 0 fully saturated rings. The minimum Gasteiger partial charge on any atom is -0.295 e. The Labute approximate surface area is 58.7 Å². The van der Waals surface area contributed by atoms with Crippen molar-refractivity contribution in [3.05, 3.63) is 0 Å². The Morgan fingerprint density at radius 1 is 1.20 bits per heavy atom. The summed E-state index contributed by atoms with van der Waals surface area (Å²) in [7, 11) is -2.61. The second-order valence-corrected chi connectivity index (χ2v) is 2.22. The van der Waals surface area contributed by atoms with E-state index in [-0.39, 0.29) is 13.2 Å². The summed E-state index contributed by atoms with van der Waals surface area (Å²) in [6.07, 6.45) is 0. The fourth-order valence-electron chi connectivity index (χ4n) is 0.224. The monoisotopic (exact) mass is 160 g/mol. The summed E-state index contributed by atoms with van der Waals surface area (Å²) < 4.78 is 19.0. The highest BCUT2D eigenvalue weighted by Crippen LogP contribution is 2.21. The van der Waals surface area contributed by atoms with Crippen LogP contribution < -0.4 is 0 Å². The van der Waals surface area contributed by atoms with E-state index in [9.17, 15) is 4.57 Å². The van der Waals surface area contributed by atoms with Crippen molar-refractivity contribution < 1.29 is 13.6 Å². The standard InChI is InChI=1S/C4H5N2O3P/c5-1-3-8-10(7)9-4-2-6/h10H,3-4H2. The van der Waals surface area contributed by atoms with E-state index in [2.05, 4.69) is 9.05 Å². The van der Waals surface area contributed by atoms with Gasteiger partial charge in [-0.25, -0.2) is 0 Å². The van der Waals surface area contributed by atoms with Gasteiger partial charge in [0.2, 0.25) is 0 Å². The molecule has 0 aliphatic rings. The molecule has 0 aromatic carbocycles. The van der Waals surface area contributed by atoms with Gasteiger partial charge in [-0.05, 0) is 0 Å². The summed E-state index contributed by atoms with van der Waals surface area (Å²) in [5.41, 5.74) is 0. The van der Waals surface area contributed by atoms with Gasteiger partial charge in [0.25, 0.3) is 0 Å². The molecule has 0 aliphatic carbocycles. The molecule has 0 aromatic rings. The van der Waals surface area contributed by atoms with Gasteiger partial charge in [0.15, 0.2) is 0 Å². The molecule has 0 heterocycles. The lowest BCUT2D eigenvalue weighted by Crippen LogP contribution is -1.85. The molecule has 0 N–H and O–H groups in total. The quantitative estimate of drug-likeness (QED) is 0.557. The Morgan fingerprint density at radius 3 is 1.90 bits per heavy atom. The van der Waals surface area contributed by atoms with E-state index in [4.69, 9.17) is 10.5 Å². The zero-order valence-corrected chi connectivity index (χ0v) is 6.03. The first-order chi connectivity index (χ1) is 4.81. The lowest BCUT2D eigenvalue weighted by molar-refractivity contribution is 0.265. The van der Waals surface area contributed by atoms with Crippen LogP contribution in [0.1, 0.15) is 0 Å². The minimum absolute atomic E-state index is 0.275. The zero-order chi connectivity index (χ0) is 7.82. The van der Waals surface area contributed by atoms with Crippen molar-refractivity contribution in [1.29, 1.82) is 10.5 Å². The van der Waals surface area contributed by atoms with Crippen LogP contribution in [0.2, 0.25) is 0 Å². The average Bonchev–Trinajstić information content (AvgIpc) is 1.97. The average molecular weight is 160 g/mol. The van der Waals surface area contributed by atoms with Crippen LogP contribution in [0.3, 0.4) is 0 Å². The van der Waals surface area contributed by atoms with E-state index in [1.807, 2.05) is 0 Å². The molecular weight excluding hydrogens is 155 g/mol. The van der Waals surface area contributed by atoms with Crippen LogP contribution >= 0.6 is 8.25 Å². The molecule has 6 heteroatoms. The molecule has 54 valence electrons. The number of hydrogen-bond acceptors (Lipinski definition) is 5. The SMILES string of the molecule is N#CCO[PH](=O)OCC#N. The Hall–Kier alpha value is -0.870. The van der Waals surface area contributed by atoms with E-state index >= 15 is 0 Å².